The molecular weight excluding hydrogens is 196 g/mol. The Morgan fingerprint density at radius 2 is 2.40 bits per heavy atom. The molecule has 82 valence electrons. The van der Waals surface area contributed by atoms with Crippen molar-refractivity contribution in [2.45, 2.75) is 25.2 Å². The summed E-state index contributed by atoms with van der Waals surface area (Å²) in [6, 6.07) is 0. The highest BCUT2D eigenvalue weighted by Gasteiger charge is 2.48. The van der Waals surface area contributed by atoms with E-state index in [2.05, 4.69) is 15.5 Å². The normalized spacial score (nSPS) is 17.5. The monoisotopic (exact) mass is 210 g/mol. The minimum Gasteiger partial charge on any atom is -0.349 e. The summed E-state index contributed by atoms with van der Waals surface area (Å²) in [4.78, 5) is 15.4. The van der Waals surface area contributed by atoms with Crippen molar-refractivity contribution in [1.82, 2.24) is 15.5 Å². The zero-order chi connectivity index (χ0) is 10.9. The highest BCUT2D eigenvalue weighted by Crippen LogP contribution is 2.46. The molecule has 6 nitrogen and oxygen atoms in total. The van der Waals surface area contributed by atoms with E-state index in [1.54, 1.807) is 0 Å². The molecule has 0 atom stereocenters. The van der Waals surface area contributed by atoms with Crippen molar-refractivity contribution in [1.29, 1.82) is 0 Å². The van der Waals surface area contributed by atoms with Crippen LogP contribution in [0.4, 0.5) is 0 Å². The van der Waals surface area contributed by atoms with Gasteiger partial charge in [0.25, 0.3) is 11.7 Å². The first-order chi connectivity index (χ1) is 7.22. The van der Waals surface area contributed by atoms with E-state index in [4.69, 9.17) is 10.3 Å². The number of amides is 1. The first-order valence-corrected chi connectivity index (χ1v) is 5.04. The SMILES string of the molecule is CCNC(=O)c1noc(C2(CN)CC2)n1. The summed E-state index contributed by atoms with van der Waals surface area (Å²) >= 11 is 0. The molecule has 1 saturated carbocycles. The third-order valence-electron chi connectivity index (χ3n) is 2.66. The minimum absolute atomic E-state index is 0.0894. The van der Waals surface area contributed by atoms with Crippen LogP contribution in [0.5, 0.6) is 0 Å². The van der Waals surface area contributed by atoms with E-state index in [1.807, 2.05) is 6.92 Å². The van der Waals surface area contributed by atoms with Gasteiger partial charge in [-0.1, -0.05) is 5.16 Å². The molecule has 6 heteroatoms. The number of nitrogens with one attached hydrogen (secondary N) is 1. The molecule has 1 heterocycles. The predicted octanol–water partition coefficient (Wildman–Crippen LogP) is -0.190. The lowest BCUT2D eigenvalue weighted by Gasteiger charge is -2.03. The fourth-order valence-electron chi connectivity index (χ4n) is 1.43. The smallest absolute Gasteiger partial charge is 0.292 e. The van der Waals surface area contributed by atoms with Gasteiger partial charge < -0.3 is 15.6 Å². The molecule has 0 aliphatic heterocycles. The summed E-state index contributed by atoms with van der Waals surface area (Å²) in [6.07, 6.45) is 1.92. The molecule has 1 aromatic rings. The van der Waals surface area contributed by atoms with Gasteiger partial charge in [0.1, 0.15) is 0 Å². The average molecular weight is 210 g/mol. The quantitative estimate of drug-likeness (QED) is 0.718. The molecule has 3 N–H and O–H groups in total. The molecule has 0 bridgehead atoms. The Kier molecular flexibility index (Phi) is 2.44. The number of hydrogen-bond acceptors (Lipinski definition) is 5. The molecule has 1 fully saturated rings. The molecular formula is C9H14N4O2. The van der Waals surface area contributed by atoms with Crippen molar-refractivity contribution in [2.75, 3.05) is 13.1 Å². The van der Waals surface area contributed by atoms with Crippen LogP contribution in [0, 0.1) is 0 Å². The van der Waals surface area contributed by atoms with Crippen molar-refractivity contribution >= 4 is 5.91 Å². The topological polar surface area (TPSA) is 94.0 Å². The van der Waals surface area contributed by atoms with Gasteiger partial charge in [-0.05, 0) is 19.8 Å². The number of carbonyl (C=O) groups excluding carboxylic acids is 1. The van der Waals surface area contributed by atoms with Gasteiger partial charge in [0.2, 0.25) is 5.89 Å². The fraction of sp³-hybridized carbons (Fsp3) is 0.667. The second-order valence-corrected chi connectivity index (χ2v) is 3.77. The summed E-state index contributed by atoms with van der Waals surface area (Å²) < 4.78 is 5.05. The maximum atomic E-state index is 11.4. The highest BCUT2D eigenvalue weighted by atomic mass is 16.5. The van der Waals surface area contributed by atoms with E-state index in [-0.39, 0.29) is 17.1 Å². The van der Waals surface area contributed by atoms with Gasteiger partial charge >= 0.3 is 0 Å². The number of aromatic nitrogens is 2. The summed E-state index contributed by atoms with van der Waals surface area (Å²) in [6.45, 7) is 2.87. The lowest BCUT2D eigenvalue weighted by Crippen LogP contribution is -2.24. The van der Waals surface area contributed by atoms with Crippen LogP contribution in [0.15, 0.2) is 4.52 Å². The van der Waals surface area contributed by atoms with Crippen molar-refractivity contribution < 1.29 is 9.32 Å². The number of rotatable bonds is 4. The summed E-state index contributed by atoms with van der Waals surface area (Å²) in [5.74, 6) is 0.276. The van der Waals surface area contributed by atoms with E-state index in [0.29, 0.717) is 19.0 Å². The van der Waals surface area contributed by atoms with Gasteiger partial charge in [-0.25, -0.2) is 0 Å². The van der Waals surface area contributed by atoms with E-state index < -0.39 is 0 Å². The Hall–Kier alpha value is -1.43. The van der Waals surface area contributed by atoms with Crippen LogP contribution in [0.25, 0.3) is 0 Å². The van der Waals surface area contributed by atoms with Crippen molar-refractivity contribution in [2.24, 2.45) is 5.73 Å². The zero-order valence-electron chi connectivity index (χ0n) is 8.62. The first kappa shape index (κ1) is 10.1. The van der Waals surface area contributed by atoms with Crippen LogP contribution < -0.4 is 11.1 Å². The Balaban J connectivity index is 2.14. The number of nitrogens with two attached hydrogens (primary N) is 1. The molecule has 1 aliphatic carbocycles. The molecule has 0 spiro atoms. The maximum absolute atomic E-state index is 11.4. The predicted molar refractivity (Wildman–Crippen MR) is 52.3 cm³/mol. The van der Waals surface area contributed by atoms with Gasteiger partial charge in [0.15, 0.2) is 0 Å². The van der Waals surface area contributed by atoms with Gasteiger partial charge in [0.05, 0.1) is 5.41 Å². The Morgan fingerprint density at radius 1 is 1.67 bits per heavy atom. The van der Waals surface area contributed by atoms with Crippen LogP contribution in [0.3, 0.4) is 0 Å². The van der Waals surface area contributed by atoms with Crippen molar-refractivity contribution in [3.8, 4) is 0 Å². The summed E-state index contributed by atoms with van der Waals surface area (Å²) in [7, 11) is 0. The zero-order valence-corrected chi connectivity index (χ0v) is 8.62. The van der Waals surface area contributed by atoms with Crippen LogP contribution in [0.1, 0.15) is 36.3 Å². The maximum Gasteiger partial charge on any atom is 0.292 e. The van der Waals surface area contributed by atoms with E-state index in [0.717, 1.165) is 12.8 Å². The van der Waals surface area contributed by atoms with E-state index in [9.17, 15) is 4.79 Å². The number of hydrogen-bond donors (Lipinski definition) is 2. The Morgan fingerprint density at radius 3 is 2.93 bits per heavy atom. The van der Waals surface area contributed by atoms with Crippen LogP contribution in [-0.2, 0) is 5.41 Å². The van der Waals surface area contributed by atoms with Crippen LogP contribution in [-0.4, -0.2) is 29.1 Å². The highest BCUT2D eigenvalue weighted by molar-refractivity contribution is 5.90. The molecule has 0 radical (unpaired) electrons. The fourth-order valence-corrected chi connectivity index (χ4v) is 1.43. The molecule has 2 rings (SSSR count). The third-order valence-corrected chi connectivity index (χ3v) is 2.66. The minimum atomic E-state index is -0.305. The molecule has 1 aliphatic rings. The molecule has 1 aromatic heterocycles. The second kappa shape index (κ2) is 3.62. The van der Waals surface area contributed by atoms with Gasteiger partial charge in [-0.2, -0.15) is 4.98 Å². The second-order valence-electron chi connectivity index (χ2n) is 3.77. The standard InChI is InChI=1S/C9H14N4O2/c1-2-11-7(14)6-12-8(15-13-6)9(5-10)3-4-9/h2-5,10H2,1H3,(H,11,14). The summed E-state index contributed by atoms with van der Waals surface area (Å²) in [5.41, 5.74) is 5.46. The van der Waals surface area contributed by atoms with E-state index >= 15 is 0 Å². The Labute approximate surface area is 87.2 Å². The first-order valence-electron chi connectivity index (χ1n) is 5.04. The molecule has 1 amide bonds. The van der Waals surface area contributed by atoms with Gasteiger partial charge in [-0.3, -0.25) is 4.79 Å². The van der Waals surface area contributed by atoms with Crippen LogP contribution in [0.2, 0.25) is 0 Å². The largest absolute Gasteiger partial charge is 0.349 e. The van der Waals surface area contributed by atoms with Gasteiger partial charge in [0, 0.05) is 13.1 Å². The van der Waals surface area contributed by atoms with Crippen molar-refractivity contribution in [3.05, 3.63) is 11.7 Å². The molecule has 0 unspecified atom stereocenters. The van der Waals surface area contributed by atoms with E-state index in [1.165, 1.54) is 0 Å². The van der Waals surface area contributed by atoms with Crippen LogP contribution >= 0.6 is 0 Å². The van der Waals surface area contributed by atoms with Crippen molar-refractivity contribution in [3.63, 3.8) is 0 Å². The third kappa shape index (κ3) is 1.72. The molecule has 0 saturated heterocycles. The lowest BCUT2D eigenvalue weighted by molar-refractivity contribution is 0.0942. The number of carbonyl (C=O) groups is 1. The van der Waals surface area contributed by atoms with Gasteiger partial charge in [-0.15, -0.1) is 0 Å². The lowest BCUT2D eigenvalue weighted by atomic mass is 10.1. The average Bonchev–Trinajstić information content (AvgIpc) is 2.88. The molecule has 0 aromatic carbocycles. The Bertz CT molecular complexity index is 370. The summed E-state index contributed by atoms with van der Waals surface area (Å²) in [5, 5.41) is 6.25. The molecule has 15 heavy (non-hydrogen) atoms. The number of nitrogens with zero attached hydrogens (tertiary/aromatic N) is 2.